The lowest BCUT2D eigenvalue weighted by atomic mass is 10.0. The molecule has 0 bridgehead atoms. The summed E-state index contributed by atoms with van der Waals surface area (Å²) in [6.07, 6.45) is -4.78. The van der Waals surface area contributed by atoms with Crippen molar-refractivity contribution in [1.29, 1.82) is 0 Å². The maximum atomic E-state index is 12.2. The Morgan fingerprint density at radius 2 is 1.69 bits per heavy atom. The highest BCUT2D eigenvalue weighted by Gasteiger charge is 2.31. The van der Waals surface area contributed by atoms with Gasteiger partial charge in [0.2, 0.25) is 4.74 Å². The quantitative estimate of drug-likeness (QED) is 0.725. The largest absolute Gasteiger partial charge is 0.573 e. The minimum atomic E-state index is -4.78. The van der Waals surface area contributed by atoms with Crippen molar-refractivity contribution < 1.29 is 27.8 Å². The molecule has 5 nitrogen and oxygen atoms in total. The summed E-state index contributed by atoms with van der Waals surface area (Å²) in [7, 11) is 0. The number of alkyl halides is 3. The zero-order valence-corrected chi connectivity index (χ0v) is 13.6. The van der Waals surface area contributed by atoms with Crippen LogP contribution < -0.4 is 15.2 Å². The molecule has 0 radical (unpaired) electrons. The van der Waals surface area contributed by atoms with Gasteiger partial charge in [0.05, 0.1) is 0 Å². The summed E-state index contributed by atoms with van der Waals surface area (Å²) < 4.78 is 40.2. The van der Waals surface area contributed by atoms with E-state index in [-0.39, 0.29) is 11.1 Å². The number of nitrogens with two attached hydrogens (primary N) is 1. The van der Waals surface area contributed by atoms with Crippen molar-refractivity contribution >= 4 is 27.3 Å². The lowest BCUT2D eigenvalue weighted by Gasteiger charge is -2.10. The van der Waals surface area contributed by atoms with Crippen LogP contribution in [0.1, 0.15) is 10.4 Å². The summed E-state index contributed by atoms with van der Waals surface area (Å²) in [5.74, 6) is -1.92. The molecule has 0 aliphatic rings. The van der Waals surface area contributed by atoms with Crippen LogP contribution in [-0.4, -0.2) is 17.4 Å². The van der Waals surface area contributed by atoms with E-state index in [1.165, 1.54) is 18.2 Å². The standard InChI is InChI=1S/C17H10F3NO4S/c18-17(19,20)25-10-4-1-8(2-5-10)9-3-6-12-11(7-9)14(22)13(15(21)23)16(24)26-12/h1-7,22H,(H2,21,23). The van der Waals surface area contributed by atoms with Crippen LogP contribution in [0.5, 0.6) is 11.5 Å². The molecular formula is C17H10F3NO4S. The van der Waals surface area contributed by atoms with Crippen LogP contribution in [0.3, 0.4) is 0 Å². The number of amides is 1. The van der Waals surface area contributed by atoms with Gasteiger partial charge >= 0.3 is 6.36 Å². The molecule has 3 aromatic rings. The molecule has 3 rings (SSSR count). The van der Waals surface area contributed by atoms with Gasteiger partial charge in [0, 0.05) is 10.1 Å². The molecule has 3 N–H and O–H groups in total. The molecule has 9 heteroatoms. The van der Waals surface area contributed by atoms with Gasteiger partial charge in [0.1, 0.15) is 17.1 Å². The Kier molecular flexibility index (Phi) is 4.33. The van der Waals surface area contributed by atoms with Crippen LogP contribution in [0.4, 0.5) is 13.2 Å². The highest BCUT2D eigenvalue weighted by molar-refractivity contribution is 7.16. The van der Waals surface area contributed by atoms with E-state index in [4.69, 9.17) is 5.73 Å². The molecule has 0 spiro atoms. The van der Waals surface area contributed by atoms with E-state index in [9.17, 15) is 27.9 Å². The molecule has 0 saturated heterocycles. The van der Waals surface area contributed by atoms with Gasteiger partial charge < -0.3 is 15.6 Å². The van der Waals surface area contributed by atoms with Gasteiger partial charge in [0.25, 0.3) is 5.91 Å². The number of rotatable bonds is 3. The Hall–Kier alpha value is -3.07. The number of carbonyl (C=O) groups is 1. The number of benzene rings is 2. The van der Waals surface area contributed by atoms with Gasteiger partial charge in [-0.3, -0.25) is 9.59 Å². The third-order valence-corrected chi connectivity index (χ3v) is 4.51. The van der Waals surface area contributed by atoms with Crippen molar-refractivity contribution in [3.05, 3.63) is 57.6 Å². The summed E-state index contributed by atoms with van der Waals surface area (Å²) in [4.78, 5) is 23.2. The number of primary amides is 1. The molecular weight excluding hydrogens is 371 g/mol. The van der Waals surface area contributed by atoms with E-state index in [0.717, 1.165) is 23.5 Å². The average Bonchev–Trinajstić information content (AvgIpc) is 2.53. The number of halogens is 3. The summed E-state index contributed by atoms with van der Waals surface area (Å²) in [5, 5.41) is 10.5. The number of aromatic hydroxyl groups is 1. The fourth-order valence-corrected chi connectivity index (χ4v) is 3.33. The van der Waals surface area contributed by atoms with Gasteiger partial charge in [-0.05, 0) is 35.4 Å². The smallest absolute Gasteiger partial charge is 0.506 e. The van der Waals surface area contributed by atoms with Gasteiger partial charge in [0.15, 0.2) is 0 Å². The predicted molar refractivity (Wildman–Crippen MR) is 90.4 cm³/mol. The fraction of sp³-hybridized carbons (Fsp3) is 0.0588. The maximum absolute atomic E-state index is 12.2. The number of hydrogen-bond acceptors (Lipinski definition) is 5. The number of fused-ring (bicyclic) bond motifs is 1. The minimum absolute atomic E-state index is 0.247. The third-order valence-electron chi connectivity index (χ3n) is 3.55. The minimum Gasteiger partial charge on any atom is -0.506 e. The second-order valence-corrected chi connectivity index (χ2v) is 6.28. The Balaban J connectivity index is 2.06. The summed E-state index contributed by atoms with van der Waals surface area (Å²) in [6.45, 7) is 0. The number of ether oxygens (including phenoxy) is 1. The van der Waals surface area contributed by atoms with E-state index in [2.05, 4.69) is 4.74 Å². The molecule has 1 heterocycles. The van der Waals surface area contributed by atoms with Crippen LogP contribution in [-0.2, 0) is 0 Å². The van der Waals surface area contributed by atoms with Crippen LogP contribution in [0.15, 0.2) is 47.3 Å². The molecule has 134 valence electrons. The Labute approximate surface area is 148 Å². The molecule has 2 aromatic carbocycles. The zero-order chi connectivity index (χ0) is 19.1. The monoisotopic (exact) mass is 381 g/mol. The SMILES string of the molecule is NC(=O)c1c(O)c2cc(-c3ccc(OC(F)(F)F)cc3)ccc2sc1=O. The molecule has 0 atom stereocenters. The van der Waals surface area contributed by atoms with Crippen LogP contribution in [0.25, 0.3) is 21.2 Å². The van der Waals surface area contributed by atoms with Crippen molar-refractivity contribution in [2.45, 2.75) is 6.36 Å². The summed E-state index contributed by atoms with van der Waals surface area (Å²) in [6, 6.07) is 9.88. The van der Waals surface area contributed by atoms with E-state index < -0.39 is 28.3 Å². The average molecular weight is 381 g/mol. The van der Waals surface area contributed by atoms with Gasteiger partial charge in [-0.1, -0.05) is 29.5 Å². The highest BCUT2D eigenvalue weighted by Crippen LogP contribution is 2.33. The molecule has 1 aromatic heterocycles. The molecule has 0 aliphatic heterocycles. The topological polar surface area (TPSA) is 89.6 Å². The predicted octanol–water partition coefficient (Wildman–Crippen LogP) is 3.63. The Morgan fingerprint density at radius 3 is 2.27 bits per heavy atom. The first-order valence-corrected chi connectivity index (χ1v) is 7.93. The second kappa shape index (κ2) is 6.34. The highest BCUT2D eigenvalue weighted by atomic mass is 32.1. The summed E-state index contributed by atoms with van der Waals surface area (Å²) in [5.41, 5.74) is 5.75. The number of carbonyl (C=O) groups excluding carboxylic acids is 1. The normalized spacial score (nSPS) is 11.5. The lowest BCUT2D eigenvalue weighted by molar-refractivity contribution is -0.274. The van der Waals surface area contributed by atoms with Crippen LogP contribution in [0.2, 0.25) is 0 Å². The second-order valence-electron chi connectivity index (χ2n) is 5.26. The Morgan fingerprint density at radius 1 is 1.08 bits per heavy atom. The van der Waals surface area contributed by atoms with Gasteiger partial charge in [-0.15, -0.1) is 13.2 Å². The Bertz CT molecular complexity index is 1060. The third kappa shape index (κ3) is 3.47. The van der Waals surface area contributed by atoms with E-state index in [0.29, 0.717) is 15.8 Å². The van der Waals surface area contributed by atoms with Crippen molar-refractivity contribution in [1.82, 2.24) is 0 Å². The zero-order valence-electron chi connectivity index (χ0n) is 12.8. The van der Waals surface area contributed by atoms with E-state index in [1.54, 1.807) is 12.1 Å². The van der Waals surface area contributed by atoms with Crippen molar-refractivity contribution in [2.75, 3.05) is 0 Å². The van der Waals surface area contributed by atoms with Crippen LogP contribution in [0, 0.1) is 0 Å². The van der Waals surface area contributed by atoms with Crippen LogP contribution >= 0.6 is 11.3 Å². The van der Waals surface area contributed by atoms with Crippen molar-refractivity contribution in [3.63, 3.8) is 0 Å². The molecule has 26 heavy (non-hydrogen) atoms. The first-order chi connectivity index (χ1) is 12.2. The van der Waals surface area contributed by atoms with Crippen molar-refractivity contribution in [2.24, 2.45) is 5.73 Å². The molecule has 0 aliphatic carbocycles. The maximum Gasteiger partial charge on any atom is 0.573 e. The molecule has 0 saturated carbocycles. The number of hydrogen-bond donors (Lipinski definition) is 2. The molecule has 0 unspecified atom stereocenters. The van der Waals surface area contributed by atoms with Gasteiger partial charge in [-0.25, -0.2) is 0 Å². The fourth-order valence-electron chi connectivity index (χ4n) is 2.43. The van der Waals surface area contributed by atoms with Gasteiger partial charge in [-0.2, -0.15) is 0 Å². The lowest BCUT2D eigenvalue weighted by Crippen LogP contribution is -2.19. The van der Waals surface area contributed by atoms with E-state index >= 15 is 0 Å². The first-order valence-electron chi connectivity index (χ1n) is 7.11. The molecule has 0 fully saturated rings. The van der Waals surface area contributed by atoms with Crippen molar-refractivity contribution in [3.8, 4) is 22.6 Å². The first kappa shape index (κ1) is 17.7. The van der Waals surface area contributed by atoms with E-state index in [1.807, 2.05) is 0 Å². The summed E-state index contributed by atoms with van der Waals surface area (Å²) >= 11 is 0.762. The molecule has 1 amide bonds.